The van der Waals surface area contributed by atoms with E-state index in [1.165, 1.54) is 36.4 Å². The number of pyridine rings is 1. The van der Waals surface area contributed by atoms with Crippen molar-refractivity contribution in [3.8, 4) is 23.0 Å². The Kier molecular flexibility index (Phi) is 5.43. The molecule has 0 aliphatic carbocycles. The van der Waals surface area contributed by atoms with Crippen molar-refractivity contribution in [2.45, 2.75) is 16.5 Å². The number of aromatic nitrogens is 2. The van der Waals surface area contributed by atoms with Crippen molar-refractivity contribution in [1.29, 1.82) is 0 Å². The molecule has 3 heterocycles. The van der Waals surface area contributed by atoms with Crippen LogP contribution >= 0.6 is 0 Å². The molecule has 10 heteroatoms. The predicted octanol–water partition coefficient (Wildman–Crippen LogP) is 4.09. The number of nitrogens with zero attached hydrogens (tertiary/aromatic N) is 2. The highest BCUT2D eigenvalue weighted by Gasteiger charge is 2.30. The van der Waals surface area contributed by atoms with E-state index < -0.39 is 15.7 Å². The molecule has 8 nitrogen and oxygen atoms in total. The Hall–Kier alpha value is -3.92. The number of oxazole rings is 1. The van der Waals surface area contributed by atoms with E-state index in [1.54, 1.807) is 24.5 Å². The molecule has 33 heavy (non-hydrogen) atoms. The summed E-state index contributed by atoms with van der Waals surface area (Å²) in [6.07, 6.45) is 3.27. The lowest BCUT2D eigenvalue weighted by atomic mass is 10.2. The first-order valence-electron chi connectivity index (χ1n) is 10.1. The Balaban J connectivity index is 1.57. The number of rotatable bonds is 6. The lowest BCUT2D eigenvalue weighted by Gasteiger charge is -2.18. The van der Waals surface area contributed by atoms with Crippen molar-refractivity contribution in [3.63, 3.8) is 0 Å². The van der Waals surface area contributed by atoms with Crippen LogP contribution in [0.1, 0.15) is 5.56 Å². The van der Waals surface area contributed by atoms with Crippen molar-refractivity contribution in [3.05, 3.63) is 78.4 Å². The van der Waals surface area contributed by atoms with E-state index in [9.17, 15) is 12.8 Å². The first-order valence-corrected chi connectivity index (χ1v) is 11.5. The van der Waals surface area contributed by atoms with Gasteiger partial charge in [-0.25, -0.2) is 12.8 Å². The van der Waals surface area contributed by atoms with Gasteiger partial charge in [0.05, 0.1) is 10.5 Å². The van der Waals surface area contributed by atoms with E-state index in [0.717, 1.165) is 5.56 Å². The number of benzene rings is 2. The molecule has 1 N–H and O–H groups in total. The van der Waals surface area contributed by atoms with Gasteiger partial charge in [0.1, 0.15) is 19.0 Å². The summed E-state index contributed by atoms with van der Waals surface area (Å²) < 4.78 is 58.1. The lowest BCUT2D eigenvalue weighted by molar-refractivity contribution is 0.171. The van der Waals surface area contributed by atoms with Gasteiger partial charge in [0.2, 0.25) is 26.6 Å². The summed E-state index contributed by atoms with van der Waals surface area (Å²) in [6.45, 7) is 0.927. The van der Waals surface area contributed by atoms with Crippen LogP contribution in [0.4, 0.5) is 10.3 Å². The number of nitrogens with one attached hydrogen (secondary N) is 1. The fourth-order valence-corrected chi connectivity index (χ4v) is 4.63. The van der Waals surface area contributed by atoms with Gasteiger partial charge < -0.3 is 19.2 Å². The van der Waals surface area contributed by atoms with E-state index in [4.69, 9.17) is 13.9 Å². The van der Waals surface area contributed by atoms with Crippen LogP contribution in [-0.4, -0.2) is 31.6 Å². The molecule has 168 valence electrons. The van der Waals surface area contributed by atoms with Gasteiger partial charge >= 0.3 is 0 Å². The summed E-state index contributed by atoms with van der Waals surface area (Å²) in [6, 6.07) is 13.7. The van der Waals surface area contributed by atoms with Crippen molar-refractivity contribution < 1.29 is 26.7 Å². The quantitative estimate of drug-likeness (QED) is 0.452. The Morgan fingerprint density at radius 1 is 1.00 bits per heavy atom. The normalized spacial score (nSPS) is 13.0. The Bertz CT molecular complexity index is 1410. The lowest BCUT2D eigenvalue weighted by Crippen LogP contribution is -2.16. The maximum Gasteiger partial charge on any atom is 0.234 e. The van der Waals surface area contributed by atoms with Crippen molar-refractivity contribution in [1.82, 2.24) is 9.97 Å². The van der Waals surface area contributed by atoms with Crippen LogP contribution in [0.2, 0.25) is 0 Å². The van der Waals surface area contributed by atoms with Crippen molar-refractivity contribution in [2.75, 3.05) is 18.5 Å². The largest absolute Gasteiger partial charge is 0.486 e. The Morgan fingerprint density at radius 3 is 2.61 bits per heavy atom. The molecule has 0 atom stereocenters. The Morgan fingerprint density at radius 2 is 1.82 bits per heavy atom. The van der Waals surface area contributed by atoms with Gasteiger partial charge in [-0.2, -0.15) is 4.98 Å². The van der Waals surface area contributed by atoms with Crippen LogP contribution in [0.3, 0.4) is 0 Å². The molecule has 5 rings (SSSR count). The SMILES string of the molecule is O=S(=O)(c1ccc2c(c1)OCCO2)c1nc(-c2ccccc2F)oc1NCc1cccnc1. The van der Waals surface area contributed by atoms with Gasteiger partial charge in [0, 0.05) is 25.0 Å². The maximum atomic E-state index is 14.4. The third-order valence-electron chi connectivity index (χ3n) is 4.95. The Labute approximate surface area is 188 Å². The van der Waals surface area contributed by atoms with E-state index in [2.05, 4.69) is 15.3 Å². The van der Waals surface area contributed by atoms with E-state index in [-0.39, 0.29) is 33.8 Å². The standard InChI is InChI=1S/C23H18FN3O5S/c24-18-6-2-1-5-17(18)21-27-23(22(32-21)26-14-15-4-3-9-25-13-15)33(28,29)16-7-8-19-20(12-16)31-11-10-30-19/h1-9,12-13,26H,10-11,14H2. The monoisotopic (exact) mass is 467 g/mol. The van der Waals surface area contributed by atoms with Gasteiger partial charge in [-0.05, 0) is 35.9 Å². The molecule has 0 bridgehead atoms. The average Bonchev–Trinajstić information content (AvgIpc) is 3.28. The highest BCUT2D eigenvalue weighted by molar-refractivity contribution is 7.91. The van der Waals surface area contributed by atoms with Gasteiger partial charge in [0.25, 0.3) is 0 Å². The van der Waals surface area contributed by atoms with Crippen LogP contribution in [0.25, 0.3) is 11.5 Å². The number of sulfone groups is 1. The highest BCUT2D eigenvalue weighted by Crippen LogP contribution is 2.37. The van der Waals surface area contributed by atoms with Crippen LogP contribution < -0.4 is 14.8 Å². The molecule has 1 aliphatic heterocycles. The molecule has 0 saturated carbocycles. The smallest absolute Gasteiger partial charge is 0.234 e. The number of ether oxygens (including phenoxy) is 2. The van der Waals surface area contributed by atoms with Crippen molar-refractivity contribution in [2.24, 2.45) is 0 Å². The molecule has 0 radical (unpaired) electrons. The van der Waals surface area contributed by atoms with Gasteiger partial charge in [-0.1, -0.05) is 18.2 Å². The topological polar surface area (TPSA) is 104 Å². The number of hydrogen-bond donors (Lipinski definition) is 1. The van der Waals surface area contributed by atoms with Gasteiger partial charge in [-0.15, -0.1) is 0 Å². The molecule has 0 fully saturated rings. The second-order valence-corrected chi connectivity index (χ2v) is 9.02. The average molecular weight is 467 g/mol. The molecule has 0 saturated heterocycles. The number of hydrogen-bond acceptors (Lipinski definition) is 8. The van der Waals surface area contributed by atoms with E-state index in [1.807, 2.05) is 6.07 Å². The summed E-state index contributed by atoms with van der Waals surface area (Å²) in [5, 5.41) is 2.59. The zero-order valence-electron chi connectivity index (χ0n) is 17.2. The molecule has 0 amide bonds. The van der Waals surface area contributed by atoms with Gasteiger partial charge in [-0.3, -0.25) is 4.98 Å². The minimum Gasteiger partial charge on any atom is -0.486 e. The van der Waals surface area contributed by atoms with Gasteiger partial charge in [0.15, 0.2) is 11.5 Å². The summed E-state index contributed by atoms with van der Waals surface area (Å²) >= 11 is 0. The minimum absolute atomic E-state index is 0.0468. The first kappa shape index (κ1) is 21.0. The molecule has 2 aromatic carbocycles. The molecular formula is C23H18FN3O5S. The number of halogens is 1. The van der Waals surface area contributed by atoms with E-state index >= 15 is 0 Å². The number of anilines is 1. The summed E-state index contributed by atoms with van der Waals surface area (Å²) in [4.78, 5) is 8.16. The second-order valence-electron chi connectivity index (χ2n) is 7.16. The third kappa shape index (κ3) is 4.12. The second kappa shape index (κ2) is 8.55. The van der Waals surface area contributed by atoms with Crippen LogP contribution in [0, 0.1) is 5.82 Å². The van der Waals surface area contributed by atoms with Crippen molar-refractivity contribution >= 4 is 15.7 Å². The number of fused-ring (bicyclic) bond motifs is 1. The summed E-state index contributed by atoms with van der Waals surface area (Å²) in [7, 11) is -4.15. The highest BCUT2D eigenvalue weighted by atomic mass is 32.2. The molecule has 2 aromatic heterocycles. The third-order valence-corrected chi connectivity index (χ3v) is 6.61. The zero-order chi connectivity index (χ0) is 22.8. The molecular weight excluding hydrogens is 449 g/mol. The first-order chi connectivity index (χ1) is 16.0. The molecule has 4 aromatic rings. The van der Waals surface area contributed by atoms with E-state index in [0.29, 0.717) is 24.7 Å². The molecule has 0 unspecified atom stereocenters. The summed E-state index contributed by atoms with van der Waals surface area (Å²) in [5.74, 6) is -0.0573. The fourth-order valence-electron chi connectivity index (χ4n) is 3.34. The van der Waals surface area contributed by atoms with Crippen LogP contribution in [-0.2, 0) is 16.4 Å². The maximum absolute atomic E-state index is 14.4. The van der Waals surface area contributed by atoms with Crippen LogP contribution in [0.5, 0.6) is 11.5 Å². The minimum atomic E-state index is -4.15. The van der Waals surface area contributed by atoms with Crippen LogP contribution in [0.15, 0.2) is 81.3 Å². The summed E-state index contributed by atoms with van der Waals surface area (Å²) in [5.41, 5.74) is 0.842. The fraction of sp³-hybridized carbons (Fsp3) is 0.130. The zero-order valence-corrected chi connectivity index (χ0v) is 18.0. The predicted molar refractivity (Wildman–Crippen MR) is 116 cm³/mol. The molecule has 1 aliphatic rings. The molecule has 0 spiro atoms.